The summed E-state index contributed by atoms with van der Waals surface area (Å²) in [5, 5.41) is 17.5. The second-order valence-corrected chi connectivity index (χ2v) is 2.80. The van der Waals surface area contributed by atoms with Gasteiger partial charge in [-0.05, 0) is 17.7 Å². The molecule has 0 aromatic heterocycles. The van der Waals surface area contributed by atoms with Crippen LogP contribution in [0.3, 0.4) is 0 Å². The average Bonchev–Trinajstić information content (AvgIpc) is 2.17. The van der Waals surface area contributed by atoms with Crippen LogP contribution < -0.4 is 5.73 Å². The highest BCUT2D eigenvalue weighted by Crippen LogP contribution is 2.15. The molecule has 1 rings (SSSR count). The van der Waals surface area contributed by atoms with Crippen molar-refractivity contribution in [2.24, 2.45) is 5.73 Å². The molecule has 13 heavy (non-hydrogen) atoms. The van der Waals surface area contributed by atoms with Crippen molar-refractivity contribution in [1.29, 1.82) is 0 Å². The summed E-state index contributed by atoms with van der Waals surface area (Å²) in [5.74, 6) is -0.462. The average molecular weight is 185 g/mol. The monoisotopic (exact) mass is 185 g/mol. The van der Waals surface area contributed by atoms with E-state index >= 15 is 0 Å². The van der Waals surface area contributed by atoms with Gasteiger partial charge in [0.1, 0.15) is 5.82 Å². The third-order valence-corrected chi connectivity index (χ3v) is 1.86. The SMILES string of the molecule is NC(CO)c1ccc(F)c(CO)c1. The van der Waals surface area contributed by atoms with Gasteiger partial charge in [0.15, 0.2) is 0 Å². The van der Waals surface area contributed by atoms with Gasteiger partial charge in [-0.15, -0.1) is 0 Å². The fraction of sp³-hybridized carbons (Fsp3) is 0.333. The predicted octanol–water partition coefficient (Wildman–Crippen LogP) is 0.310. The van der Waals surface area contributed by atoms with Gasteiger partial charge in [0.05, 0.1) is 19.3 Å². The van der Waals surface area contributed by atoms with E-state index in [0.717, 1.165) is 0 Å². The zero-order chi connectivity index (χ0) is 9.84. The summed E-state index contributed by atoms with van der Waals surface area (Å²) in [6.45, 7) is -0.561. The van der Waals surface area contributed by atoms with Crippen molar-refractivity contribution in [1.82, 2.24) is 0 Å². The first-order chi connectivity index (χ1) is 6.19. The molecule has 1 aromatic carbocycles. The summed E-state index contributed by atoms with van der Waals surface area (Å²) in [6, 6.07) is 3.66. The van der Waals surface area contributed by atoms with Gasteiger partial charge in [0.2, 0.25) is 0 Å². The van der Waals surface area contributed by atoms with Crippen LogP contribution in [0.5, 0.6) is 0 Å². The van der Waals surface area contributed by atoms with E-state index in [1.807, 2.05) is 0 Å². The summed E-state index contributed by atoms with van der Waals surface area (Å²) < 4.78 is 12.9. The smallest absolute Gasteiger partial charge is 0.128 e. The molecule has 4 heteroatoms. The maximum absolute atomic E-state index is 12.9. The summed E-state index contributed by atoms with van der Waals surface area (Å²) in [4.78, 5) is 0. The molecule has 0 radical (unpaired) electrons. The van der Waals surface area contributed by atoms with Gasteiger partial charge in [0, 0.05) is 5.56 Å². The molecule has 1 aromatic rings. The molecule has 0 saturated carbocycles. The molecule has 0 amide bonds. The van der Waals surface area contributed by atoms with Crippen LogP contribution in [0.2, 0.25) is 0 Å². The van der Waals surface area contributed by atoms with Gasteiger partial charge in [-0.25, -0.2) is 4.39 Å². The first kappa shape index (κ1) is 10.1. The Labute approximate surface area is 75.6 Å². The van der Waals surface area contributed by atoms with Crippen LogP contribution in [0.15, 0.2) is 18.2 Å². The lowest BCUT2D eigenvalue weighted by atomic mass is 10.1. The van der Waals surface area contributed by atoms with Crippen molar-refractivity contribution in [3.05, 3.63) is 35.1 Å². The molecule has 0 fully saturated rings. The Balaban J connectivity index is 2.99. The third kappa shape index (κ3) is 2.24. The molecule has 3 nitrogen and oxygen atoms in total. The van der Waals surface area contributed by atoms with E-state index in [-0.39, 0.29) is 18.8 Å². The molecular weight excluding hydrogens is 173 g/mol. The highest BCUT2D eigenvalue weighted by Gasteiger charge is 2.07. The molecule has 0 aliphatic heterocycles. The van der Waals surface area contributed by atoms with Crippen molar-refractivity contribution in [3.8, 4) is 0 Å². The predicted molar refractivity (Wildman–Crippen MR) is 46.3 cm³/mol. The molecule has 72 valence electrons. The zero-order valence-electron chi connectivity index (χ0n) is 7.07. The van der Waals surface area contributed by atoms with E-state index in [0.29, 0.717) is 5.56 Å². The maximum Gasteiger partial charge on any atom is 0.128 e. The minimum Gasteiger partial charge on any atom is -0.394 e. The topological polar surface area (TPSA) is 66.5 Å². The minimum absolute atomic E-state index is 0.196. The molecule has 0 bridgehead atoms. The zero-order valence-corrected chi connectivity index (χ0v) is 7.07. The lowest BCUT2D eigenvalue weighted by molar-refractivity contribution is 0.265. The lowest BCUT2D eigenvalue weighted by Gasteiger charge is -2.09. The van der Waals surface area contributed by atoms with Crippen molar-refractivity contribution >= 4 is 0 Å². The third-order valence-electron chi connectivity index (χ3n) is 1.86. The van der Waals surface area contributed by atoms with E-state index < -0.39 is 11.9 Å². The van der Waals surface area contributed by atoms with Crippen LogP contribution in [0.25, 0.3) is 0 Å². The second-order valence-electron chi connectivity index (χ2n) is 2.80. The van der Waals surface area contributed by atoms with Crippen LogP contribution in [-0.4, -0.2) is 16.8 Å². The Morgan fingerprint density at radius 1 is 1.38 bits per heavy atom. The fourth-order valence-corrected chi connectivity index (χ4v) is 1.05. The number of rotatable bonds is 3. The number of hydrogen-bond donors (Lipinski definition) is 3. The molecule has 1 atom stereocenters. The Kier molecular flexibility index (Phi) is 3.36. The molecule has 0 aliphatic rings. The van der Waals surface area contributed by atoms with Crippen molar-refractivity contribution in [3.63, 3.8) is 0 Å². The minimum atomic E-state index is -0.522. The summed E-state index contributed by atoms with van der Waals surface area (Å²) in [6.07, 6.45) is 0. The Bertz CT molecular complexity index is 291. The van der Waals surface area contributed by atoms with E-state index in [1.54, 1.807) is 0 Å². The Morgan fingerprint density at radius 3 is 2.62 bits per heavy atom. The van der Waals surface area contributed by atoms with Crippen molar-refractivity contribution in [2.45, 2.75) is 12.6 Å². The second kappa shape index (κ2) is 4.32. The number of benzene rings is 1. The normalized spacial score (nSPS) is 12.9. The largest absolute Gasteiger partial charge is 0.394 e. The molecule has 0 saturated heterocycles. The van der Waals surface area contributed by atoms with Gasteiger partial charge in [-0.2, -0.15) is 0 Å². The van der Waals surface area contributed by atoms with Gasteiger partial charge < -0.3 is 15.9 Å². The van der Waals surface area contributed by atoms with Crippen LogP contribution >= 0.6 is 0 Å². The van der Waals surface area contributed by atoms with Crippen LogP contribution in [0.1, 0.15) is 17.2 Å². The number of aliphatic hydroxyl groups excluding tert-OH is 2. The van der Waals surface area contributed by atoms with Crippen LogP contribution in [0.4, 0.5) is 4.39 Å². The van der Waals surface area contributed by atoms with Gasteiger partial charge in [-0.3, -0.25) is 0 Å². The van der Waals surface area contributed by atoms with Gasteiger partial charge in [0.25, 0.3) is 0 Å². The molecule has 4 N–H and O–H groups in total. The van der Waals surface area contributed by atoms with Crippen LogP contribution in [-0.2, 0) is 6.61 Å². The number of nitrogens with two attached hydrogens (primary N) is 1. The molecular formula is C9H12FNO2. The van der Waals surface area contributed by atoms with Crippen molar-refractivity contribution < 1.29 is 14.6 Å². The van der Waals surface area contributed by atoms with E-state index in [2.05, 4.69) is 0 Å². The molecule has 0 heterocycles. The Hall–Kier alpha value is -0.970. The molecule has 0 spiro atoms. The van der Waals surface area contributed by atoms with Crippen molar-refractivity contribution in [2.75, 3.05) is 6.61 Å². The summed E-state index contributed by atoms with van der Waals surface area (Å²) in [5.41, 5.74) is 6.33. The van der Waals surface area contributed by atoms with Gasteiger partial charge >= 0.3 is 0 Å². The summed E-state index contributed by atoms with van der Waals surface area (Å²) >= 11 is 0. The lowest BCUT2D eigenvalue weighted by Crippen LogP contribution is -2.14. The molecule has 0 aliphatic carbocycles. The van der Waals surface area contributed by atoms with Crippen LogP contribution in [0, 0.1) is 5.82 Å². The van der Waals surface area contributed by atoms with E-state index in [1.165, 1.54) is 18.2 Å². The standard InChI is InChI=1S/C9H12FNO2/c10-8-2-1-6(9(11)5-13)3-7(8)4-12/h1-3,9,12-13H,4-5,11H2. The highest BCUT2D eigenvalue weighted by molar-refractivity contribution is 5.26. The number of aliphatic hydroxyl groups is 2. The maximum atomic E-state index is 12.9. The number of hydrogen-bond acceptors (Lipinski definition) is 3. The quantitative estimate of drug-likeness (QED) is 0.635. The number of halogens is 1. The van der Waals surface area contributed by atoms with E-state index in [4.69, 9.17) is 15.9 Å². The summed E-state index contributed by atoms with van der Waals surface area (Å²) in [7, 11) is 0. The Morgan fingerprint density at radius 2 is 2.08 bits per heavy atom. The first-order valence-electron chi connectivity index (χ1n) is 3.94. The highest BCUT2D eigenvalue weighted by atomic mass is 19.1. The first-order valence-corrected chi connectivity index (χ1v) is 3.94. The van der Waals surface area contributed by atoms with E-state index in [9.17, 15) is 4.39 Å². The fourth-order valence-electron chi connectivity index (χ4n) is 1.05. The molecule has 1 unspecified atom stereocenters. The van der Waals surface area contributed by atoms with Gasteiger partial charge in [-0.1, -0.05) is 6.07 Å².